The van der Waals surface area contributed by atoms with E-state index in [1.54, 1.807) is 30.5 Å². The van der Waals surface area contributed by atoms with E-state index < -0.39 is 0 Å². The van der Waals surface area contributed by atoms with E-state index in [0.29, 0.717) is 10.6 Å². The summed E-state index contributed by atoms with van der Waals surface area (Å²) in [6.45, 7) is 6.36. The average Bonchev–Trinajstić information content (AvgIpc) is 2.81. The predicted molar refractivity (Wildman–Crippen MR) is 83.1 cm³/mol. The number of nitriles is 1. The molecule has 0 saturated carbocycles. The zero-order valence-electron chi connectivity index (χ0n) is 11.7. The lowest BCUT2D eigenvalue weighted by Gasteiger charge is -2.14. The summed E-state index contributed by atoms with van der Waals surface area (Å²) in [6, 6.07) is 11.0. The van der Waals surface area contributed by atoms with Crippen LogP contribution in [-0.2, 0) is 5.41 Å². The van der Waals surface area contributed by atoms with Gasteiger partial charge in [-0.2, -0.15) is 5.26 Å². The van der Waals surface area contributed by atoms with Crippen molar-refractivity contribution in [2.45, 2.75) is 26.2 Å². The van der Waals surface area contributed by atoms with Crippen LogP contribution in [-0.4, -0.2) is 11.3 Å². The van der Waals surface area contributed by atoms with E-state index in [0.717, 1.165) is 10.4 Å². The maximum Gasteiger partial charge on any atom is 0.130 e. The van der Waals surface area contributed by atoms with E-state index in [1.165, 1.54) is 11.3 Å². The van der Waals surface area contributed by atoms with Gasteiger partial charge in [0.2, 0.25) is 0 Å². The van der Waals surface area contributed by atoms with Crippen molar-refractivity contribution in [3.63, 3.8) is 0 Å². The number of nitrogens with zero attached hydrogens (tertiary/aromatic N) is 2. The first-order valence-corrected chi connectivity index (χ1v) is 7.09. The number of aromatic hydroxyl groups is 1. The summed E-state index contributed by atoms with van der Waals surface area (Å²) < 4.78 is 0. The zero-order chi connectivity index (χ0) is 14.8. The van der Waals surface area contributed by atoms with Crippen LogP contribution >= 0.6 is 11.3 Å². The van der Waals surface area contributed by atoms with Gasteiger partial charge in [0.15, 0.2) is 0 Å². The normalized spacial score (nSPS) is 11.7. The summed E-state index contributed by atoms with van der Waals surface area (Å²) in [5.74, 6) is 0.227. The Morgan fingerprint density at radius 3 is 2.45 bits per heavy atom. The maximum atomic E-state index is 9.23. The number of phenolic OH excluding ortho intramolecular Hbond substituents is 1. The highest BCUT2D eigenvalue weighted by atomic mass is 32.1. The van der Waals surface area contributed by atoms with E-state index in [4.69, 9.17) is 0 Å². The average molecular weight is 284 g/mol. The Labute approximate surface area is 122 Å². The molecule has 2 aromatic rings. The summed E-state index contributed by atoms with van der Waals surface area (Å²) in [5, 5.41) is 18.4. The van der Waals surface area contributed by atoms with Gasteiger partial charge >= 0.3 is 0 Å². The summed E-state index contributed by atoms with van der Waals surface area (Å²) >= 11 is 1.49. The maximum absolute atomic E-state index is 9.23. The number of hydrogen-bond donors (Lipinski definition) is 1. The van der Waals surface area contributed by atoms with Crippen LogP contribution in [0.2, 0.25) is 0 Å². The van der Waals surface area contributed by atoms with Crippen molar-refractivity contribution in [1.82, 2.24) is 0 Å². The monoisotopic (exact) mass is 284 g/mol. The topological polar surface area (TPSA) is 56.4 Å². The second-order valence-corrected chi connectivity index (χ2v) is 6.59. The Morgan fingerprint density at radius 2 is 1.90 bits per heavy atom. The molecule has 0 unspecified atom stereocenters. The molecule has 0 bridgehead atoms. The fourth-order valence-corrected chi connectivity index (χ4v) is 2.59. The molecule has 0 aliphatic heterocycles. The summed E-state index contributed by atoms with van der Waals surface area (Å²) in [6.07, 6.45) is 1.70. The van der Waals surface area contributed by atoms with Gasteiger partial charge in [-0.15, -0.1) is 11.3 Å². The molecule has 0 atom stereocenters. The van der Waals surface area contributed by atoms with Gasteiger partial charge in [0, 0.05) is 11.1 Å². The minimum absolute atomic E-state index is 0.0164. The Morgan fingerprint density at radius 1 is 1.25 bits per heavy atom. The molecule has 3 nitrogen and oxygen atoms in total. The smallest absolute Gasteiger partial charge is 0.130 e. The van der Waals surface area contributed by atoms with Crippen LogP contribution in [0.4, 0.5) is 5.69 Å². The van der Waals surface area contributed by atoms with Gasteiger partial charge < -0.3 is 5.11 Å². The van der Waals surface area contributed by atoms with E-state index in [1.807, 2.05) is 6.07 Å². The predicted octanol–water partition coefficient (Wildman–Crippen LogP) is 4.37. The van der Waals surface area contributed by atoms with Crippen molar-refractivity contribution in [1.29, 1.82) is 5.26 Å². The zero-order valence-corrected chi connectivity index (χ0v) is 12.5. The number of benzene rings is 1. The van der Waals surface area contributed by atoms with Gasteiger partial charge in [0.1, 0.15) is 16.7 Å². The molecule has 0 amide bonds. The van der Waals surface area contributed by atoms with Crippen LogP contribution in [0.25, 0.3) is 0 Å². The van der Waals surface area contributed by atoms with Crippen molar-refractivity contribution in [2.24, 2.45) is 4.99 Å². The highest BCUT2D eigenvalue weighted by molar-refractivity contribution is 7.13. The Bertz CT molecular complexity index is 670. The summed E-state index contributed by atoms with van der Waals surface area (Å²) in [5.41, 5.74) is 1.61. The van der Waals surface area contributed by atoms with E-state index in [2.05, 4.69) is 31.8 Å². The Hall–Kier alpha value is -2.12. The highest BCUT2D eigenvalue weighted by Crippen LogP contribution is 2.36. The number of aliphatic imine (C=N–C) groups is 1. The lowest BCUT2D eigenvalue weighted by molar-refractivity contribution is 0.475. The first kappa shape index (κ1) is 14.3. The third-order valence-electron chi connectivity index (χ3n) is 2.80. The first-order chi connectivity index (χ1) is 9.40. The van der Waals surface area contributed by atoms with Crippen molar-refractivity contribution >= 4 is 23.2 Å². The van der Waals surface area contributed by atoms with E-state index in [9.17, 15) is 10.4 Å². The second kappa shape index (κ2) is 5.48. The van der Waals surface area contributed by atoms with Crippen molar-refractivity contribution in [3.05, 3.63) is 45.6 Å². The number of rotatable bonds is 2. The molecule has 1 N–H and O–H groups in total. The first-order valence-electron chi connectivity index (χ1n) is 6.27. The van der Waals surface area contributed by atoms with Crippen LogP contribution in [0.3, 0.4) is 0 Å². The molecule has 2 rings (SSSR count). The molecule has 102 valence electrons. The number of phenols is 1. The molecule has 1 heterocycles. The molecule has 20 heavy (non-hydrogen) atoms. The Kier molecular flexibility index (Phi) is 3.91. The fourth-order valence-electron chi connectivity index (χ4n) is 1.63. The SMILES string of the molecule is CC(C)(C)c1cc(N=Cc2ccc(O)cc2)c(C#N)s1. The molecule has 0 aliphatic carbocycles. The molecule has 0 fully saturated rings. The van der Waals surface area contributed by atoms with Crippen LogP contribution in [0.15, 0.2) is 35.3 Å². The van der Waals surface area contributed by atoms with Gasteiger partial charge in [-0.1, -0.05) is 20.8 Å². The van der Waals surface area contributed by atoms with Gasteiger partial charge in [0.05, 0.1) is 5.69 Å². The van der Waals surface area contributed by atoms with Gasteiger partial charge in [-0.25, -0.2) is 0 Å². The minimum Gasteiger partial charge on any atom is -0.508 e. The molecule has 1 aromatic heterocycles. The molecule has 0 saturated heterocycles. The van der Waals surface area contributed by atoms with Crippen molar-refractivity contribution in [2.75, 3.05) is 0 Å². The molecule has 0 aliphatic rings. The molecular formula is C16H16N2OS. The van der Waals surface area contributed by atoms with Crippen molar-refractivity contribution < 1.29 is 5.11 Å². The minimum atomic E-state index is 0.0164. The second-order valence-electron chi connectivity index (χ2n) is 5.54. The molecular weight excluding hydrogens is 268 g/mol. The summed E-state index contributed by atoms with van der Waals surface area (Å²) in [4.78, 5) is 6.17. The standard InChI is InChI=1S/C16H16N2OS/c1-16(2,3)15-8-13(14(9-17)20-15)18-10-11-4-6-12(19)7-5-11/h4-8,10,19H,1-3H3. The number of thiophene rings is 1. The van der Waals surface area contributed by atoms with Gasteiger partial charge in [-0.3, -0.25) is 4.99 Å². The highest BCUT2D eigenvalue weighted by Gasteiger charge is 2.19. The van der Waals surface area contributed by atoms with Crippen molar-refractivity contribution in [3.8, 4) is 11.8 Å². The van der Waals surface area contributed by atoms with Crippen LogP contribution in [0.5, 0.6) is 5.75 Å². The number of hydrogen-bond acceptors (Lipinski definition) is 4. The molecule has 1 aromatic carbocycles. The van der Waals surface area contributed by atoms with Crippen LogP contribution in [0.1, 0.15) is 36.1 Å². The van der Waals surface area contributed by atoms with Gasteiger partial charge in [0.25, 0.3) is 0 Å². The quantitative estimate of drug-likeness (QED) is 0.832. The molecule has 0 spiro atoms. The van der Waals surface area contributed by atoms with Gasteiger partial charge in [-0.05, 0) is 41.3 Å². The van der Waals surface area contributed by atoms with Crippen LogP contribution < -0.4 is 0 Å². The molecule has 0 radical (unpaired) electrons. The Balaban J connectivity index is 2.31. The van der Waals surface area contributed by atoms with E-state index in [-0.39, 0.29) is 11.2 Å². The lowest BCUT2D eigenvalue weighted by Crippen LogP contribution is -2.07. The third-order valence-corrected chi connectivity index (χ3v) is 4.25. The largest absolute Gasteiger partial charge is 0.508 e. The lowest BCUT2D eigenvalue weighted by atomic mass is 9.95. The third kappa shape index (κ3) is 3.25. The van der Waals surface area contributed by atoms with Crippen LogP contribution in [0, 0.1) is 11.3 Å². The summed E-state index contributed by atoms with van der Waals surface area (Å²) in [7, 11) is 0. The fraction of sp³-hybridized carbons (Fsp3) is 0.250. The van der Waals surface area contributed by atoms with E-state index >= 15 is 0 Å². The molecule has 4 heteroatoms.